The number of nitrogens with two attached hydrogens (primary N) is 1. The summed E-state index contributed by atoms with van der Waals surface area (Å²) in [6.45, 7) is 0. The summed E-state index contributed by atoms with van der Waals surface area (Å²) in [6, 6.07) is 1.36. The molecule has 58 valence electrons. The van der Waals surface area contributed by atoms with E-state index in [0.29, 0.717) is 10.3 Å². The van der Waals surface area contributed by atoms with E-state index in [1.807, 2.05) is 0 Å². The van der Waals surface area contributed by atoms with Crippen LogP contribution in [0.15, 0.2) is 11.4 Å². The zero-order chi connectivity index (χ0) is 8.43. The number of carbonyl (C=O) groups is 1. The molecule has 11 heavy (non-hydrogen) atoms. The maximum atomic E-state index is 10.5. The second-order valence-electron chi connectivity index (χ2n) is 1.98. The maximum Gasteiger partial charge on any atom is 0.489 e. The SMILES string of the molecule is NC(=O)c1cc(B(O)O)cs1. The van der Waals surface area contributed by atoms with Gasteiger partial charge in [0.25, 0.3) is 5.91 Å². The summed E-state index contributed by atoms with van der Waals surface area (Å²) in [6.07, 6.45) is 0. The van der Waals surface area contributed by atoms with E-state index in [9.17, 15) is 4.79 Å². The van der Waals surface area contributed by atoms with Crippen LogP contribution in [0.2, 0.25) is 0 Å². The molecule has 0 bridgehead atoms. The van der Waals surface area contributed by atoms with Gasteiger partial charge in [-0.1, -0.05) is 0 Å². The number of hydrogen-bond acceptors (Lipinski definition) is 4. The number of carbonyl (C=O) groups excluding carboxylic acids is 1. The van der Waals surface area contributed by atoms with Crippen molar-refractivity contribution in [3.05, 3.63) is 16.3 Å². The van der Waals surface area contributed by atoms with E-state index in [2.05, 4.69) is 0 Å². The van der Waals surface area contributed by atoms with Crippen LogP contribution >= 0.6 is 11.3 Å². The Morgan fingerprint density at radius 1 is 1.64 bits per heavy atom. The van der Waals surface area contributed by atoms with Crippen LogP contribution in [0.5, 0.6) is 0 Å². The van der Waals surface area contributed by atoms with Gasteiger partial charge in [-0.25, -0.2) is 0 Å². The van der Waals surface area contributed by atoms with Gasteiger partial charge < -0.3 is 15.8 Å². The van der Waals surface area contributed by atoms with Gasteiger partial charge in [-0.2, -0.15) is 0 Å². The van der Waals surface area contributed by atoms with Crippen LogP contribution in [0.4, 0.5) is 0 Å². The van der Waals surface area contributed by atoms with Crippen LogP contribution in [-0.2, 0) is 0 Å². The van der Waals surface area contributed by atoms with Crippen molar-refractivity contribution in [3.8, 4) is 0 Å². The molecule has 0 saturated heterocycles. The lowest BCUT2D eigenvalue weighted by molar-refractivity contribution is 0.100. The van der Waals surface area contributed by atoms with Crippen molar-refractivity contribution in [1.29, 1.82) is 0 Å². The number of hydrogen-bond donors (Lipinski definition) is 3. The summed E-state index contributed by atoms with van der Waals surface area (Å²) in [5.74, 6) is -0.554. The van der Waals surface area contributed by atoms with E-state index in [4.69, 9.17) is 15.8 Å². The summed E-state index contributed by atoms with van der Waals surface area (Å²) in [4.78, 5) is 10.8. The van der Waals surface area contributed by atoms with E-state index in [0.717, 1.165) is 11.3 Å². The Bertz CT molecular complexity index is 272. The van der Waals surface area contributed by atoms with Gasteiger partial charge in [0, 0.05) is 0 Å². The van der Waals surface area contributed by atoms with Crippen LogP contribution in [0.1, 0.15) is 9.67 Å². The molecule has 1 aromatic rings. The standard InChI is InChI=1S/C5H6BNO3S/c7-5(8)4-1-3(2-11-4)6(9)10/h1-2,9-10H,(H2,7,8). The first-order valence-corrected chi connectivity index (χ1v) is 3.73. The molecule has 1 rings (SSSR count). The van der Waals surface area contributed by atoms with Gasteiger partial charge in [0.05, 0.1) is 4.88 Å². The lowest BCUT2D eigenvalue weighted by Gasteiger charge is -1.88. The van der Waals surface area contributed by atoms with E-state index < -0.39 is 13.0 Å². The maximum absolute atomic E-state index is 10.5. The normalized spacial score (nSPS) is 9.64. The van der Waals surface area contributed by atoms with Crippen LogP contribution in [0.25, 0.3) is 0 Å². The van der Waals surface area contributed by atoms with E-state index >= 15 is 0 Å². The first kappa shape index (κ1) is 8.25. The average molecular weight is 171 g/mol. The van der Waals surface area contributed by atoms with Crippen molar-refractivity contribution in [3.63, 3.8) is 0 Å². The van der Waals surface area contributed by atoms with Crippen LogP contribution in [0.3, 0.4) is 0 Å². The lowest BCUT2D eigenvalue weighted by atomic mass is 9.83. The summed E-state index contributed by atoms with van der Waals surface area (Å²) in [5, 5.41) is 18.7. The molecule has 0 fully saturated rings. The Kier molecular flexibility index (Phi) is 2.28. The lowest BCUT2D eigenvalue weighted by Crippen LogP contribution is -2.28. The highest BCUT2D eigenvalue weighted by molar-refractivity contribution is 7.13. The molecule has 4 nitrogen and oxygen atoms in total. The zero-order valence-electron chi connectivity index (χ0n) is 5.52. The van der Waals surface area contributed by atoms with Gasteiger partial charge in [0.15, 0.2) is 0 Å². The molecule has 0 aliphatic heterocycles. The Morgan fingerprint density at radius 3 is 2.55 bits per heavy atom. The first-order chi connectivity index (χ1) is 5.11. The Labute approximate surface area is 67.4 Å². The number of rotatable bonds is 2. The molecule has 0 aromatic carbocycles. The topological polar surface area (TPSA) is 83.6 Å². The predicted molar refractivity (Wildman–Crippen MR) is 42.7 cm³/mol. The number of thiophene rings is 1. The highest BCUT2D eigenvalue weighted by atomic mass is 32.1. The van der Waals surface area contributed by atoms with Gasteiger partial charge in [-0.15, -0.1) is 11.3 Å². The Morgan fingerprint density at radius 2 is 2.27 bits per heavy atom. The van der Waals surface area contributed by atoms with Crippen molar-refractivity contribution in [1.82, 2.24) is 0 Å². The van der Waals surface area contributed by atoms with Crippen molar-refractivity contribution in [2.24, 2.45) is 5.73 Å². The van der Waals surface area contributed by atoms with Gasteiger partial charge >= 0.3 is 7.12 Å². The minimum atomic E-state index is -1.53. The minimum absolute atomic E-state index is 0.295. The molecule has 0 radical (unpaired) electrons. The smallest absolute Gasteiger partial charge is 0.423 e. The van der Waals surface area contributed by atoms with Gasteiger partial charge in [0.1, 0.15) is 0 Å². The molecule has 4 N–H and O–H groups in total. The Hall–Kier alpha value is -0.845. The van der Waals surface area contributed by atoms with Gasteiger partial charge in [0.2, 0.25) is 0 Å². The third-order valence-electron chi connectivity index (χ3n) is 1.16. The highest BCUT2D eigenvalue weighted by Gasteiger charge is 2.14. The molecule has 1 heterocycles. The molecule has 0 atom stereocenters. The van der Waals surface area contributed by atoms with Crippen LogP contribution in [0, 0.1) is 0 Å². The van der Waals surface area contributed by atoms with Crippen molar-refractivity contribution in [2.45, 2.75) is 0 Å². The van der Waals surface area contributed by atoms with Crippen LogP contribution in [-0.4, -0.2) is 23.1 Å². The molecule has 1 aromatic heterocycles. The molecular weight excluding hydrogens is 165 g/mol. The predicted octanol–water partition coefficient (Wildman–Crippen LogP) is -1.47. The van der Waals surface area contributed by atoms with Gasteiger partial charge in [-0.05, 0) is 16.9 Å². The average Bonchev–Trinajstić information content (AvgIpc) is 2.33. The van der Waals surface area contributed by atoms with Crippen molar-refractivity contribution < 1.29 is 14.8 Å². The molecule has 0 saturated carbocycles. The third-order valence-corrected chi connectivity index (χ3v) is 2.12. The summed E-state index contributed by atoms with van der Waals surface area (Å²) in [5.41, 5.74) is 5.23. The largest absolute Gasteiger partial charge is 0.489 e. The summed E-state index contributed by atoms with van der Waals surface area (Å²) >= 11 is 1.09. The van der Waals surface area contributed by atoms with E-state index in [1.165, 1.54) is 11.4 Å². The highest BCUT2D eigenvalue weighted by Crippen LogP contribution is 2.05. The number of amides is 1. The quantitative estimate of drug-likeness (QED) is 0.475. The minimum Gasteiger partial charge on any atom is -0.423 e. The fourth-order valence-electron chi connectivity index (χ4n) is 0.616. The van der Waals surface area contributed by atoms with Crippen molar-refractivity contribution in [2.75, 3.05) is 0 Å². The van der Waals surface area contributed by atoms with Crippen molar-refractivity contribution >= 4 is 29.8 Å². The second kappa shape index (κ2) is 3.04. The molecule has 0 aliphatic rings. The molecule has 0 aliphatic carbocycles. The molecule has 1 amide bonds. The molecule has 0 unspecified atom stereocenters. The zero-order valence-corrected chi connectivity index (χ0v) is 6.34. The molecule has 6 heteroatoms. The summed E-state index contributed by atoms with van der Waals surface area (Å²) < 4.78 is 0. The third kappa shape index (κ3) is 1.80. The van der Waals surface area contributed by atoms with E-state index in [1.54, 1.807) is 0 Å². The molecule has 0 spiro atoms. The Balaban J connectivity index is 2.90. The molecular formula is C5H6BNO3S. The van der Waals surface area contributed by atoms with E-state index in [-0.39, 0.29) is 0 Å². The fraction of sp³-hybridized carbons (Fsp3) is 0. The summed E-state index contributed by atoms with van der Waals surface area (Å²) in [7, 11) is -1.53. The monoisotopic (exact) mass is 171 g/mol. The first-order valence-electron chi connectivity index (χ1n) is 2.85. The fourth-order valence-corrected chi connectivity index (χ4v) is 1.39. The number of primary amides is 1. The van der Waals surface area contributed by atoms with Gasteiger partial charge in [-0.3, -0.25) is 4.79 Å². The second-order valence-corrected chi connectivity index (χ2v) is 2.89. The van der Waals surface area contributed by atoms with Crippen LogP contribution < -0.4 is 11.2 Å².